The number of ether oxygens (including phenoxy) is 1. The average molecular weight is 207 g/mol. The molecule has 0 heterocycles. The van der Waals surface area contributed by atoms with Gasteiger partial charge in [0.05, 0.1) is 6.61 Å². The second-order valence-corrected chi connectivity index (χ2v) is 1.09. The number of rotatable bonds is 2. The molecule has 0 unspecified atom stereocenters. The first kappa shape index (κ1) is 16.2. The maximum absolute atomic E-state index is 9.90. The summed E-state index contributed by atoms with van der Waals surface area (Å²) in [5.74, 6) is -0.313. The van der Waals surface area contributed by atoms with Gasteiger partial charge in [-0.1, -0.05) is 0 Å². The molecule has 0 amide bonds. The standard InChI is InChI=1S/C4H8NO2.H2N.Y/c1-4(6)7-3-2-5;;/h5H,2-3H2,1H3;1H2;/q2*-1;. The van der Waals surface area contributed by atoms with E-state index in [0.29, 0.717) is 0 Å². The summed E-state index contributed by atoms with van der Waals surface area (Å²) in [7, 11) is 0. The molecule has 9 heavy (non-hydrogen) atoms. The number of carbonyl (C=O) groups excluding carboxylic acids is 1. The van der Waals surface area contributed by atoms with Crippen LogP contribution in [-0.2, 0) is 42.2 Å². The van der Waals surface area contributed by atoms with Crippen molar-refractivity contribution in [2.24, 2.45) is 0 Å². The van der Waals surface area contributed by atoms with Crippen LogP contribution in [-0.4, -0.2) is 19.1 Å². The Morgan fingerprint density at radius 2 is 2.11 bits per heavy atom. The molecule has 0 bridgehead atoms. The number of carbonyl (C=O) groups is 1. The predicted octanol–water partition coefficient (Wildman–Crippen LogP) is 1.32. The van der Waals surface area contributed by atoms with Crippen molar-refractivity contribution in [3.63, 3.8) is 0 Å². The SMILES string of the molecule is CC(=O)OCC[NH-].[NH2-].[Y]. The number of nitrogens with two attached hydrogens (primary N) is 1. The molecule has 53 valence electrons. The number of hydrogen-bond acceptors (Lipinski definition) is 2. The largest absolute Gasteiger partial charge is 0.693 e. The minimum atomic E-state index is -0.313. The molecule has 3 N–H and O–H groups in total. The first-order chi connectivity index (χ1) is 3.27. The van der Waals surface area contributed by atoms with E-state index in [4.69, 9.17) is 5.73 Å². The Hall–Kier alpha value is 0.494. The van der Waals surface area contributed by atoms with Gasteiger partial charge in [0, 0.05) is 39.6 Å². The minimum absolute atomic E-state index is 0. The molecule has 0 atom stereocenters. The van der Waals surface area contributed by atoms with Crippen molar-refractivity contribution < 1.29 is 42.2 Å². The van der Waals surface area contributed by atoms with Gasteiger partial charge in [-0.15, -0.1) is 6.54 Å². The first-order valence-electron chi connectivity index (χ1n) is 2.05. The Kier molecular flexibility index (Phi) is 20.4. The fraction of sp³-hybridized carbons (Fsp3) is 0.750. The maximum Gasteiger partial charge on any atom is 0.302 e. The molecule has 1 radical (unpaired) electrons. The summed E-state index contributed by atoms with van der Waals surface area (Å²) in [5.41, 5.74) is 6.52. The third kappa shape index (κ3) is 17.7. The Morgan fingerprint density at radius 3 is 2.22 bits per heavy atom. The zero-order chi connectivity index (χ0) is 5.70. The quantitative estimate of drug-likeness (QED) is 0.639. The molecule has 0 spiro atoms. The molecular weight excluding hydrogens is 197 g/mol. The van der Waals surface area contributed by atoms with Crippen LogP contribution in [0.25, 0.3) is 11.9 Å². The van der Waals surface area contributed by atoms with E-state index in [2.05, 4.69) is 4.74 Å². The second-order valence-electron chi connectivity index (χ2n) is 1.09. The molecule has 0 aliphatic carbocycles. The van der Waals surface area contributed by atoms with Crippen LogP contribution in [0, 0.1) is 0 Å². The first-order valence-corrected chi connectivity index (χ1v) is 2.05. The molecule has 0 aliphatic heterocycles. The summed E-state index contributed by atoms with van der Waals surface area (Å²) < 4.78 is 4.36. The number of hydrogen-bond donors (Lipinski definition) is 0. The molecule has 4 nitrogen and oxygen atoms in total. The van der Waals surface area contributed by atoms with Gasteiger partial charge in [0.1, 0.15) is 0 Å². The maximum atomic E-state index is 9.90. The van der Waals surface area contributed by atoms with Gasteiger partial charge in [-0.25, -0.2) is 0 Å². The van der Waals surface area contributed by atoms with Crippen LogP contribution in [0.5, 0.6) is 0 Å². The molecule has 5 heteroatoms. The van der Waals surface area contributed by atoms with Crippen molar-refractivity contribution >= 4 is 5.97 Å². The molecule has 0 saturated carbocycles. The van der Waals surface area contributed by atoms with Crippen LogP contribution < -0.4 is 0 Å². The van der Waals surface area contributed by atoms with Crippen molar-refractivity contribution in [1.29, 1.82) is 0 Å². The van der Waals surface area contributed by atoms with Gasteiger partial charge in [0.15, 0.2) is 0 Å². The van der Waals surface area contributed by atoms with Crippen molar-refractivity contribution in [3.8, 4) is 0 Å². The van der Waals surface area contributed by atoms with Crippen molar-refractivity contribution in [3.05, 3.63) is 11.9 Å². The van der Waals surface area contributed by atoms with Gasteiger partial charge in [0.2, 0.25) is 0 Å². The van der Waals surface area contributed by atoms with Crippen molar-refractivity contribution in [2.75, 3.05) is 13.2 Å². The van der Waals surface area contributed by atoms with Crippen LogP contribution in [0.1, 0.15) is 6.92 Å². The van der Waals surface area contributed by atoms with Gasteiger partial charge in [0.25, 0.3) is 0 Å². The average Bonchev–Trinajstić information content (AvgIpc) is 1.61. The van der Waals surface area contributed by atoms with E-state index in [9.17, 15) is 4.79 Å². The summed E-state index contributed by atoms with van der Waals surface area (Å²) >= 11 is 0. The van der Waals surface area contributed by atoms with E-state index in [1.807, 2.05) is 0 Å². The fourth-order valence-corrected chi connectivity index (χ4v) is 0.195. The van der Waals surface area contributed by atoms with Gasteiger partial charge in [-0.2, -0.15) is 0 Å². The minimum Gasteiger partial charge on any atom is -0.693 e. The van der Waals surface area contributed by atoms with E-state index >= 15 is 0 Å². The summed E-state index contributed by atoms with van der Waals surface area (Å²) in [5, 5.41) is 0. The van der Waals surface area contributed by atoms with Crippen molar-refractivity contribution in [2.45, 2.75) is 6.92 Å². The molecule has 0 aliphatic rings. The molecule has 0 fully saturated rings. The van der Waals surface area contributed by atoms with Crippen LogP contribution in [0.4, 0.5) is 0 Å². The molecule has 0 aromatic rings. The van der Waals surface area contributed by atoms with E-state index in [0.717, 1.165) is 0 Å². The number of esters is 1. The summed E-state index contributed by atoms with van der Waals surface area (Å²) in [4.78, 5) is 9.90. The Morgan fingerprint density at radius 1 is 1.67 bits per heavy atom. The third-order valence-corrected chi connectivity index (χ3v) is 0.407. The third-order valence-electron chi connectivity index (χ3n) is 0.407. The molecule has 0 saturated heterocycles. The predicted molar refractivity (Wildman–Crippen MR) is 31.1 cm³/mol. The number of nitrogens with one attached hydrogen (secondary N) is 1. The van der Waals surface area contributed by atoms with Gasteiger partial charge in [-0.05, 0) is 0 Å². The molecule has 0 aromatic heterocycles. The van der Waals surface area contributed by atoms with Crippen LogP contribution in [0.3, 0.4) is 0 Å². The van der Waals surface area contributed by atoms with E-state index in [1.165, 1.54) is 6.92 Å². The monoisotopic (exact) mass is 207 g/mol. The normalized spacial score (nSPS) is 6.44. The summed E-state index contributed by atoms with van der Waals surface area (Å²) in [6, 6.07) is 0. The van der Waals surface area contributed by atoms with Crippen LogP contribution in [0.2, 0.25) is 0 Å². The Labute approximate surface area is 80.0 Å². The van der Waals surface area contributed by atoms with Crippen molar-refractivity contribution in [1.82, 2.24) is 0 Å². The summed E-state index contributed by atoms with van der Waals surface area (Å²) in [6.45, 7) is 1.70. The van der Waals surface area contributed by atoms with E-state index in [1.54, 1.807) is 0 Å². The van der Waals surface area contributed by atoms with Gasteiger partial charge < -0.3 is 16.6 Å². The van der Waals surface area contributed by atoms with E-state index < -0.39 is 0 Å². The fourth-order valence-electron chi connectivity index (χ4n) is 0.195. The Bertz CT molecular complexity index is 69.6. The molecule has 0 rings (SSSR count). The van der Waals surface area contributed by atoms with E-state index in [-0.39, 0.29) is 58.0 Å². The molecule has 0 aromatic carbocycles. The van der Waals surface area contributed by atoms with Crippen LogP contribution in [0.15, 0.2) is 0 Å². The molecular formula is C4H10N2O2Y-2. The topological polar surface area (TPSA) is 83.6 Å². The van der Waals surface area contributed by atoms with Gasteiger partial charge >= 0.3 is 5.97 Å². The zero-order valence-corrected chi connectivity index (χ0v) is 8.22. The smallest absolute Gasteiger partial charge is 0.302 e. The van der Waals surface area contributed by atoms with Gasteiger partial charge in [-0.3, -0.25) is 4.79 Å². The summed E-state index contributed by atoms with van der Waals surface area (Å²) in [6.07, 6.45) is 0. The zero-order valence-electron chi connectivity index (χ0n) is 5.39. The Balaban J connectivity index is -0.000000180. The second kappa shape index (κ2) is 11.3. The van der Waals surface area contributed by atoms with Crippen LogP contribution >= 0.6 is 0 Å².